The molecule has 5 nitrogen and oxygen atoms in total. The van der Waals surface area contributed by atoms with Crippen LogP contribution in [0.3, 0.4) is 0 Å². The second-order valence-electron chi connectivity index (χ2n) is 3.85. The molecule has 3 N–H and O–H groups in total. The predicted octanol–water partition coefficient (Wildman–Crippen LogP) is -0.0457. The summed E-state index contributed by atoms with van der Waals surface area (Å²) in [6.45, 7) is 0.908. The lowest BCUT2D eigenvalue weighted by Gasteiger charge is -2.12. The van der Waals surface area contributed by atoms with E-state index in [2.05, 4.69) is 15.5 Å². The molecule has 1 aromatic heterocycles. The summed E-state index contributed by atoms with van der Waals surface area (Å²) in [6, 6.07) is 1.46. The number of hydrogen-bond donors (Lipinski definition) is 3. The first-order valence-electron chi connectivity index (χ1n) is 4.64. The molecule has 0 radical (unpaired) electrons. The molecule has 2 rings (SSSR count). The average molecular weight is 195 g/mol. The molecule has 0 spiro atoms. The molecule has 0 amide bonds. The zero-order chi connectivity index (χ0) is 10.0. The Hall–Kier alpha value is -1.36. The molecule has 0 unspecified atom stereocenters. The standard InChI is InChI=1S/C9H13N3O2/c13-6-9(1-2-9)5-10-7-3-8(14)12-11-4-7/h3-4,13H,1-2,5-6H2,(H2,10,12,14). The van der Waals surface area contributed by atoms with Crippen LogP contribution in [-0.2, 0) is 0 Å². The van der Waals surface area contributed by atoms with Crippen LogP contribution >= 0.6 is 0 Å². The van der Waals surface area contributed by atoms with Crippen molar-refractivity contribution in [2.24, 2.45) is 5.41 Å². The highest BCUT2D eigenvalue weighted by Gasteiger charge is 2.41. The first-order chi connectivity index (χ1) is 6.74. The van der Waals surface area contributed by atoms with E-state index in [-0.39, 0.29) is 17.6 Å². The van der Waals surface area contributed by atoms with Crippen molar-refractivity contribution in [3.63, 3.8) is 0 Å². The molecule has 1 aromatic rings. The van der Waals surface area contributed by atoms with E-state index >= 15 is 0 Å². The van der Waals surface area contributed by atoms with E-state index in [1.165, 1.54) is 6.07 Å². The molecule has 76 valence electrons. The van der Waals surface area contributed by atoms with Crippen molar-refractivity contribution in [2.45, 2.75) is 12.8 Å². The van der Waals surface area contributed by atoms with Crippen LogP contribution in [0.2, 0.25) is 0 Å². The maximum atomic E-state index is 10.9. The molecule has 1 heterocycles. The number of aliphatic hydroxyl groups excluding tert-OH is 1. The molecular formula is C9H13N3O2. The molecule has 0 atom stereocenters. The fourth-order valence-electron chi connectivity index (χ4n) is 1.33. The number of hydrogen-bond acceptors (Lipinski definition) is 4. The predicted molar refractivity (Wildman–Crippen MR) is 52.1 cm³/mol. The number of H-pyrrole nitrogens is 1. The number of nitrogens with one attached hydrogen (secondary N) is 2. The Kier molecular flexibility index (Phi) is 2.25. The van der Waals surface area contributed by atoms with Crippen molar-refractivity contribution in [1.82, 2.24) is 10.2 Å². The van der Waals surface area contributed by atoms with Crippen LogP contribution in [0.15, 0.2) is 17.1 Å². The number of aliphatic hydroxyl groups is 1. The summed E-state index contributed by atoms with van der Waals surface area (Å²) in [7, 11) is 0. The number of rotatable bonds is 4. The minimum Gasteiger partial charge on any atom is -0.396 e. The SMILES string of the molecule is O=c1cc(NCC2(CO)CC2)cn[nH]1. The van der Waals surface area contributed by atoms with E-state index in [4.69, 9.17) is 5.11 Å². The van der Waals surface area contributed by atoms with Crippen LogP contribution in [-0.4, -0.2) is 28.5 Å². The molecule has 1 fully saturated rings. The van der Waals surface area contributed by atoms with Gasteiger partial charge in [-0.1, -0.05) is 0 Å². The summed E-state index contributed by atoms with van der Waals surface area (Å²) < 4.78 is 0. The van der Waals surface area contributed by atoms with Gasteiger partial charge >= 0.3 is 0 Å². The monoisotopic (exact) mass is 195 g/mol. The van der Waals surface area contributed by atoms with Crippen molar-refractivity contribution in [3.8, 4) is 0 Å². The third kappa shape index (κ3) is 1.93. The van der Waals surface area contributed by atoms with Gasteiger partial charge < -0.3 is 10.4 Å². The van der Waals surface area contributed by atoms with Gasteiger partial charge in [-0.05, 0) is 12.8 Å². The lowest BCUT2D eigenvalue weighted by Crippen LogP contribution is -2.20. The first-order valence-corrected chi connectivity index (χ1v) is 4.64. The minimum atomic E-state index is -0.219. The Balaban J connectivity index is 1.95. The number of nitrogens with zero attached hydrogens (tertiary/aromatic N) is 1. The van der Waals surface area contributed by atoms with Crippen molar-refractivity contribution in [2.75, 3.05) is 18.5 Å². The fourth-order valence-corrected chi connectivity index (χ4v) is 1.33. The normalized spacial score (nSPS) is 17.8. The maximum Gasteiger partial charge on any atom is 0.266 e. The van der Waals surface area contributed by atoms with E-state index in [0.717, 1.165) is 12.8 Å². The van der Waals surface area contributed by atoms with Gasteiger partial charge in [0.15, 0.2) is 0 Å². The van der Waals surface area contributed by atoms with Crippen LogP contribution in [0, 0.1) is 5.41 Å². The smallest absolute Gasteiger partial charge is 0.266 e. The first kappa shape index (κ1) is 9.21. The Bertz CT molecular complexity index is 370. The zero-order valence-corrected chi connectivity index (χ0v) is 7.79. The molecule has 5 heteroatoms. The molecule has 0 saturated heterocycles. The van der Waals surface area contributed by atoms with Gasteiger partial charge in [-0.3, -0.25) is 4.79 Å². The quantitative estimate of drug-likeness (QED) is 0.629. The highest BCUT2D eigenvalue weighted by molar-refractivity contribution is 5.39. The third-order valence-electron chi connectivity index (χ3n) is 2.63. The van der Waals surface area contributed by atoms with E-state index in [1.54, 1.807) is 6.20 Å². The Morgan fingerprint density at radius 1 is 1.64 bits per heavy atom. The number of aromatic nitrogens is 2. The fraction of sp³-hybridized carbons (Fsp3) is 0.556. The summed E-state index contributed by atoms with van der Waals surface area (Å²) in [5.74, 6) is 0. The van der Waals surface area contributed by atoms with Crippen molar-refractivity contribution in [3.05, 3.63) is 22.6 Å². The number of aromatic amines is 1. The van der Waals surface area contributed by atoms with Gasteiger partial charge in [-0.15, -0.1) is 0 Å². The third-order valence-corrected chi connectivity index (χ3v) is 2.63. The Morgan fingerprint density at radius 2 is 2.43 bits per heavy atom. The maximum absolute atomic E-state index is 10.9. The summed E-state index contributed by atoms with van der Waals surface area (Å²) in [5.41, 5.74) is 0.528. The van der Waals surface area contributed by atoms with Crippen molar-refractivity contribution >= 4 is 5.69 Å². The van der Waals surface area contributed by atoms with Gasteiger partial charge in [-0.2, -0.15) is 5.10 Å². The average Bonchev–Trinajstić information content (AvgIpc) is 2.96. The molecule has 1 saturated carbocycles. The van der Waals surface area contributed by atoms with Crippen LogP contribution in [0.5, 0.6) is 0 Å². The van der Waals surface area contributed by atoms with Gasteiger partial charge in [0, 0.05) is 18.0 Å². The number of anilines is 1. The molecule has 0 aromatic carbocycles. The van der Waals surface area contributed by atoms with Crippen LogP contribution in [0.4, 0.5) is 5.69 Å². The summed E-state index contributed by atoms with van der Waals surface area (Å²) >= 11 is 0. The van der Waals surface area contributed by atoms with Gasteiger partial charge in [0.25, 0.3) is 5.56 Å². The van der Waals surface area contributed by atoms with Crippen LogP contribution in [0.1, 0.15) is 12.8 Å². The highest BCUT2D eigenvalue weighted by Crippen LogP contribution is 2.44. The largest absolute Gasteiger partial charge is 0.396 e. The summed E-state index contributed by atoms with van der Waals surface area (Å²) in [4.78, 5) is 10.9. The van der Waals surface area contributed by atoms with Gasteiger partial charge in [0.1, 0.15) is 0 Å². The summed E-state index contributed by atoms with van der Waals surface area (Å²) in [6.07, 6.45) is 3.66. The van der Waals surface area contributed by atoms with Gasteiger partial charge in [0.05, 0.1) is 18.5 Å². The zero-order valence-electron chi connectivity index (χ0n) is 7.79. The van der Waals surface area contributed by atoms with Crippen LogP contribution in [0.25, 0.3) is 0 Å². The molecule has 0 bridgehead atoms. The minimum absolute atomic E-state index is 0.0442. The second kappa shape index (κ2) is 3.42. The Morgan fingerprint density at radius 3 is 3.00 bits per heavy atom. The molecule has 1 aliphatic carbocycles. The van der Waals surface area contributed by atoms with E-state index in [0.29, 0.717) is 12.2 Å². The Labute approximate surface area is 81.2 Å². The highest BCUT2D eigenvalue weighted by atomic mass is 16.3. The van der Waals surface area contributed by atoms with Gasteiger partial charge in [-0.25, -0.2) is 5.10 Å². The second-order valence-corrected chi connectivity index (χ2v) is 3.85. The summed E-state index contributed by atoms with van der Waals surface area (Å²) in [5, 5.41) is 18.1. The molecule has 0 aliphatic heterocycles. The van der Waals surface area contributed by atoms with E-state index in [1.807, 2.05) is 0 Å². The van der Waals surface area contributed by atoms with Gasteiger partial charge in [0.2, 0.25) is 0 Å². The lowest BCUT2D eigenvalue weighted by molar-refractivity contribution is 0.220. The van der Waals surface area contributed by atoms with E-state index < -0.39 is 0 Å². The van der Waals surface area contributed by atoms with Crippen LogP contribution < -0.4 is 10.9 Å². The van der Waals surface area contributed by atoms with Crippen molar-refractivity contribution in [1.29, 1.82) is 0 Å². The lowest BCUT2D eigenvalue weighted by atomic mass is 10.1. The topological polar surface area (TPSA) is 78.0 Å². The molecular weight excluding hydrogens is 182 g/mol. The van der Waals surface area contributed by atoms with Crippen molar-refractivity contribution < 1.29 is 5.11 Å². The van der Waals surface area contributed by atoms with E-state index in [9.17, 15) is 4.79 Å². The molecule has 14 heavy (non-hydrogen) atoms. The molecule has 1 aliphatic rings.